The summed E-state index contributed by atoms with van der Waals surface area (Å²) >= 11 is 1.51. The third-order valence-corrected chi connectivity index (χ3v) is 4.20. The Labute approximate surface area is 116 Å². The summed E-state index contributed by atoms with van der Waals surface area (Å²) in [5.41, 5.74) is 1.64. The molecule has 0 saturated heterocycles. The summed E-state index contributed by atoms with van der Waals surface area (Å²) in [5.74, 6) is 0.955. The van der Waals surface area contributed by atoms with Crippen molar-refractivity contribution in [2.24, 2.45) is 0 Å². The number of benzene rings is 1. The van der Waals surface area contributed by atoms with E-state index in [4.69, 9.17) is 4.42 Å². The summed E-state index contributed by atoms with van der Waals surface area (Å²) in [6.45, 7) is 1.20. The van der Waals surface area contributed by atoms with Crippen LogP contribution in [0, 0.1) is 0 Å². The number of nitrogens with zero attached hydrogens (tertiary/aromatic N) is 1. The van der Waals surface area contributed by atoms with Gasteiger partial charge in [-0.2, -0.15) is 0 Å². The van der Waals surface area contributed by atoms with Crippen molar-refractivity contribution in [1.82, 2.24) is 10.3 Å². The van der Waals surface area contributed by atoms with Crippen LogP contribution >= 0.6 is 11.8 Å². The van der Waals surface area contributed by atoms with E-state index >= 15 is 0 Å². The van der Waals surface area contributed by atoms with Gasteiger partial charge in [-0.15, -0.1) is 0 Å². The SMILES string of the molecule is CS(=O)(=O)CCNCCSc1nc2ccccc2o1. The van der Waals surface area contributed by atoms with Gasteiger partial charge in [-0.05, 0) is 12.1 Å². The van der Waals surface area contributed by atoms with Crippen LogP contribution in [0.5, 0.6) is 0 Å². The van der Waals surface area contributed by atoms with Crippen LogP contribution in [0.25, 0.3) is 11.1 Å². The maximum atomic E-state index is 10.9. The molecule has 0 aliphatic rings. The Kier molecular flexibility index (Phi) is 4.84. The van der Waals surface area contributed by atoms with Crippen molar-refractivity contribution in [2.75, 3.05) is 30.9 Å². The van der Waals surface area contributed by atoms with E-state index in [9.17, 15) is 8.42 Å². The summed E-state index contributed by atoms with van der Waals surface area (Å²) in [5, 5.41) is 3.72. The second kappa shape index (κ2) is 6.40. The Hall–Kier alpha value is -1.05. The number of rotatable bonds is 7. The van der Waals surface area contributed by atoms with E-state index in [1.807, 2.05) is 24.3 Å². The van der Waals surface area contributed by atoms with Gasteiger partial charge in [0.15, 0.2) is 5.58 Å². The highest BCUT2D eigenvalue weighted by atomic mass is 32.2. The molecule has 5 nitrogen and oxygen atoms in total. The monoisotopic (exact) mass is 300 g/mol. The van der Waals surface area contributed by atoms with E-state index in [0.717, 1.165) is 23.4 Å². The molecule has 2 aromatic rings. The largest absolute Gasteiger partial charge is 0.431 e. The van der Waals surface area contributed by atoms with Crippen LogP contribution in [0.4, 0.5) is 0 Å². The van der Waals surface area contributed by atoms with Crippen LogP contribution in [0.1, 0.15) is 0 Å². The zero-order valence-electron chi connectivity index (χ0n) is 10.6. The fraction of sp³-hybridized carbons (Fsp3) is 0.417. The zero-order valence-corrected chi connectivity index (χ0v) is 12.3. The van der Waals surface area contributed by atoms with E-state index in [0.29, 0.717) is 11.8 Å². The highest BCUT2D eigenvalue weighted by Gasteiger charge is 2.05. The number of thioether (sulfide) groups is 1. The van der Waals surface area contributed by atoms with Crippen molar-refractivity contribution >= 4 is 32.7 Å². The van der Waals surface area contributed by atoms with Crippen molar-refractivity contribution in [1.29, 1.82) is 0 Å². The Morgan fingerprint density at radius 2 is 2.11 bits per heavy atom. The van der Waals surface area contributed by atoms with Gasteiger partial charge in [-0.3, -0.25) is 0 Å². The molecule has 2 rings (SSSR count). The normalized spacial score (nSPS) is 12.1. The second-order valence-corrected chi connectivity index (χ2v) is 7.48. The molecule has 1 N–H and O–H groups in total. The standard InChI is InChI=1S/C12H16N2O3S2/c1-19(15,16)9-7-13-6-8-18-12-14-10-4-2-3-5-11(10)17-12/h2-5,13H,6-9H2,1H3. The molecule has 19 heavy (non-hydrogen) atoms. The molecule has 0 atom stereocenters. The molecule has 0 fully saturated rings. The highest BCUT2D eigenvalue weighted by Crippen LogP contribution is 2.22. The first-order valence-electron chi connectivity index (χ1n) is 5.91. The molecular weight excluding hydrogens is 284 g/mol. The van der Waals surface area contributed by atoms with Crippen LogP contribution in [0.3, 0.4) is 0 Å². The first-order valence-corrected chi connectivity index (χ1v) is 8.96. The van der Waals surface area contributed by atoms with Gasteiger partial charge in [-0.25, -0.2) is 13.4 Å². The summed E-state index contributed by atoms with van der Waals surface area (Å²) in [6, 6.07) is 7.63. The first-order chi connectivity index (χ1) is 9.04. The van der Waals surface area contributed by atoms with Crippen LogP contribution in [0.2, 0.25) is 0 Å². The minimum Gasteiger partial charge on any atom is -0.431 e. The zero-order chi connectivity index (χ0) is 13.7. The molecule has 0 bridgehead atoms. The maximum absolute atomic E-state index is 10.9. The average Bonchev–Trinajstić information content (AvgIpc) is 2.74. The Morgan fingerprint density at radius 3 is 2.84 bits per heavy atom. The summed E-state index contributed by atoms with van der Waals surface area (Å²) < 4.78 is 27.4. The predicted octanol–water partition coefficient (Wildman–Crippen LogP) is 1.55. The fourth-order valence-electron chi connectivity index (χ4n) is 1.51. The van der Waals surface area contributed by atoms with Crippen LogP contribution in [-0.4, -0.2) is 44.3 Å². The number of oxazole rings is 1. The molecule has 0 spiro atoms. The van der Waals surface area contributed by atoms with Crippen LogP contribution in [-0.2, 0) is 9.84 Å². The fourth-order valence-corrected chi connectivity index (χ4v) is 2.75. The minimum absolute atomic E-state index is 0.167. The molecule has 1 heterocycles. The molecule has 0 radical (unpaired) electrons. The van der Waals surface area contributed by atoms with Gasteiger partial charge < -0.3 is 9.73 Å². The van der Waals surface area contributed by atoms with E-state index in [-0.39, 0.29) is 5.75 Å². The van der Waals surface area contributed by atoms with Crippen molar-refractivity contribution in [3.8, 4) is 0 Å². The molecule has 0 aliphatic heterocycles. The number of hydrogen-bond donors (Lipinski definition) is 1. The first kappa shape index (κ1) is 14.4. The van der Waals surface area contributed by atoms with Crippen molar-refractivity contribution in [3.63, 3.8) is 0 Å². The van der Waals surface area contributed by atoms with Gasteiger partial charge in [0.2, 0.25) is 0 Å². The third kappa shape index (κ3) is 4.85. The van der Waals surface area contributed by atoms with Gasteiger partial charge in [0.25, 0.3) is 5.22 Å². The number of fused-ring (bicyclic) bond motifs is 1. The van der Waals surface area contributed by atoms with E-state index in [2.05, 4.69) is 10.3 Å². The summed E-state index contributed by atoms with van der Waals surface area (Å²) in [4.78, 5) is 4.34. The molecule has 104 valence electrons. The number of nitrogens with one attached hydrogen (secondary N) is 1. The number of hydrogen-bond acceptors (Lipinski definition) is 6. The van der Waals surface area contributed by atoms with E-state index in [1.54, 1.807) is 0 Å². The van der Waals surface area contributed by atoms with Gasteiger partial charge in [-0.1, -0.05) is 23.9 Å². The van der Waals surface area contributed by atoms with Crippen LogP contribution < -0.4 is 5.32 Å². The molecule has 1 aromatic carbocycles. The van der Waals surface area contributed by atoms with Gasteiger partial charge in [0, 0.05) is 25.1 Å². The van der Waals surface area contributed by atoms with E-state index in [1.165, 1.54) is 18.0 Å². The Bertz CT molecular complexity index is 604. The number of sulfone groups is 1. The predicted molar refractivity (Wildman–Crippen MR) is 77.3 cm³/mol. The smallest absolute Gasteiger partial charge is 0.256 e. The molecule has 7 heteroatoms. The Morgan fingerprint density at radius 1 is 1.32 bits per heavy atom. The lowest BCUT2D eigenvalue weighted by molar-refractivity contribution is 0.489. The van der Waals surface area contributed by atoms with Gasteiger partial charge in [0.1, 0.15) is 15.4 Å². The summed E-state index contributed by atoms with van der Waals surface area (Å²) in [7, 11) is -2.88. The molecular formula is C12H16N2O3S2. The van der Waals surface area contributed by atoms with Crippen molar-refractivity contribution < 1.29 is 12.8 Å². The third-order valence-electron chi connectivity index (χ3n) is 2.43. The average molecular weight is 300 g/mol. The molecule has 0 amide bonds. The summed E-state index contributed by atoms with van der Waals surface area (Å²) in [6.07, 6.45) is 1.24. The van der Waals surface area contributed by atoms with Crippen molar-refractivity contribution in [2.45, 2.75) is 5.22 Å². The van der Waals surface area contributed by atoms with Crippen molar-refractivity contribution in [3.05, 3.63) is 24.3 Å². The van der Waals surface area contributed by atoms with Gasteiger partial charge in [0.05, 0.1) is 5.75 Å². The topological polar surface area (TPSA) is 72.2 Å². The lowest BCUT2D eigenvalue weighted by atomic mass is 10.3. The lowest BCUT2D eigenvalue weighted by Gasteiger charge is -2.01. The van der Waals surface area contributed by atoms with Crippen LogP contribution in [0.15, 0.2) is 33.9 Å². The molecule has 0 aliphatic carbocycles. The Balaban J connectivity index is 1.71. The lowest BCUT2D eigenvalue weighted by Crippen LogP contribution is -2.24. The maximum Gasteiger partial charge on any atom is 0.256 e. The molecule has 0 unspecified atom stereocenters. The highest BCUT2D eigenvalue weighted by molar-refractivity contribution is 7.99. The quantitative estimate of drug-likeness (QED) is 0.618. The number of para-hydroxylation sites is 2. The minimum atomic E-state index is -2.88. The second-order valence-electron chi connectivity index (χ2n) is 4.18. The number of aromatic nitrogens is 1. The van der Waals surface area contributed by atoms with Gasteiger partial charge >= 0.3 is 0 Å². The van der Waals surface area contributed by atoms with E-state index < -0.39 is 9.84 Å². The molecule has 1 aromatic heterocycles. The molecule has 0 saturated carbocycles.